The van der Waals surface area contributed by atoms with E-state index in [2.05, 4.69) is 4.98 Å². The fourth-order valence-electron chi connectivity index (χ4n) is 1.36. The number of rotatable bonds is 4. The minimum absolute atomic E-state index is 0.448. The Hall–Kier alpha value is -2.16. The molecule has 3 heteroatoms. The second kappa shape index (κ2) is 5.07. The van der Waals surface area contributed by atoms with E-state index in [1.807, 2.05) is 36.4 Å². The van der Waals surface area contributed by atoms with Gasteiger partial charge in [-0.3, -0.25) is 4.79 Å². The number of carbonyl (C=O) groups excluding carboxylic acids is 1. The van der Waals surface area contributed by atoms with Gasteiger partial charge in [-0.05, 0) is 11.6 Å². The number of aromatic nitrogens is 1. The fraction of sp³-hybridized carbons (Fsp3) is 0.0769. The van der Waals surface area contributed by atoms with Crippen molar-refractivity contribution in [1.29, 1.82) is 0 Å². The predicted octanol–water partition coefficient (Wildman–Crippen LogP) is 2.40. The Morgan fingerprint density at radius 1 is 1.06 bits per heavy atom. The lowest BCUT2D eigenvalue weighted by Crippen LogP contribution is -2.09. The zero-order valence-corrected chi connectivity index (χ0v) is 8.61. The second-order valence-electron chi connectivity index (χ2n) is 3.25. The third-order valence-corrected chi connectivity index (χ3v) is 2.14. The van der Waals surface area contributed by atoms with Crippen LogP contribution in [0.25, 0.3) is 0 Å². The van der Waals surface area contributed by atoms with E-state index in [1.165, 1.54) is 0 Å². The van der Waals surface area contributed by atoms with Crippen LogP contribution in [0, 0.1) is 0 Å². The Balaban J connectivity index is 2.16. The summed E-state index contributed by atoms with van der Waals surface area (Å²) in [7, 11) is 0. The maximum Gasteiger partial charge on any atom is 0.214 e. The number of pyridine rings is 1. The van der Waals surface area contributed by atoms with Gasteiger partial charge in [-0.1, -0.05) is 36.4 Å². The third-order valence-electron chi connectivity index (χ3n) is 2.14. The van der Waals surface area contributed by atoms with Gasteiger partial charge in [0.05, 0.1) is 0 Å². The van der Waals surface area contributed by atoms with E-state index in [9.17, 15) is 4.79 Å². The van der Waals surface area contributed by atoms with Gasteiger partial charge in [0.1, 0.15) is 0 Å². The molecule has 1 aromatic heterocycles. The van der Waals surface area contributed by atoms with Crippen LogP contribution in [0.3, 0.4) is 0 Å². The van der Waals surface area contributed by atoms with Gasteiger partial charge >= 0.3 is 0 Å². The van der Waals surface area contributed by atoms with E-state index in [0.717, 1.165) is 11.8 Å². The van der Waals surface area contributed by atoms with Crippen molar-refractivity contribution in [3.8, 4) is 5.88 Å². The van der Waals surface area contributed by atoms with Crippen molar-refractivity contribution in [2.24, 2.45) is 0 Å². The van der Waals surface area contributed by atoms with Crippen LogP contribution >= 0.6 is 0 Å². The van der Waals surface area contributed by atoms with Gasteiger partial charge in [-0.15, -0.1) is 0 Å². The molecule has 1 unspecified atom stereocenters. The molecule has 0 fully saturated rings. The van der Waals surface area contributed by atoms with Crippen LogP contribution in [0.5, 0.6) is 5.88 Å². The second-order valence-corrected chi connectivity index (χ2v) is 3.25. The first kappa shape index (κ1) is 10.4. The molecule has 2 aromatic rings. The fourth-order valence-corrected chi connectivity index (χ4v) is 1.36. The number of carbonyl (C=O) groups is 1. The highest BCUT2D eigenvalue weighted by molar-refractivity contribution is 5.60. The van der Waals surface area contributed by atoms with Gasteiger partial charge in [-0.25, -0.2) is 4.98 Å². The predicted molar refractivity (Wildman–Crippen MR) is 60.1 cm³/mol. The summed E-state index contributed by atoms with van der Waals surface area (Å²) in [6.07, 6.45) is 1.79. The summed E-state index contributed by atoms with van der Waals surface area (Å²) in [6, 6.07) is 14.7. The first-order chi connectivity index (χ1) is 7.90. The monoisotopic (exact) mass is 213 g/mol. The van der Waals surface area contributed by atoms with E-state index in [4.69, 9.17) is 4.74 Å². The lowest BCUT2D eigenvalue weighted by atomic mass is 10.1. The first-order valence-electron chi connectivity index (χ1n) is 4.98. The van der Waals surface area contributed by atoms with Crippen molar-refractivity contribution >= 4 is 6.29 Å². The zero-order valence-electron chi connectivity index (χ0n) is 8.61. The largest absolute Gasteiger partial charge is 0.462 e. The van der Waals surface area contributed by atoms with Gasteiger partial charge in [-0.2, -0.15) is 0 Å². The molecule has 0 aliphatic carbocycles. The molecule has 0 aliphatic rings. The molecule has 1 atom stereocenters. The Morgan fingerprint density at radius 3 is 2.44 bits per heavy atom. The Morgan fingerprint density at radius 2 is 1.81 bits per heavy atom. The molecule has 0 amide bonds. The summed E-state index contributed by atoms with van der Waals surface area (Å²) in [5.74, 6) is 0.448. The van der Waals surface area contributed by atoms with Gasteiger partial charge in [0, 0.05) is 12.3 Å². The molecular formula is C13H11NO2. The van der Waals surface area contributed by atoms with E-state index in [0.29, 0.717) is 5.88 Å². The van der Waals surface area contributed by atoms with Crippen molar-refractivity contribution in [2.75, 3.05) is 0 Å². The lowest BCUT2D eigenvalue weighted by Gasteiger charge is -2.12. The molecule has 3 nitrogen and oxygen atoms in total. The van der Waals surface area contributed by atoms with Gasteiger partial charge < -0.3 is 4.74 Å². The van der Waals surface area contributed by atoms with Crippen LogP contribution < -0.4 is 4.74 Å². The van der Waals surface area contributed by atoms with E-state index >= 15 is 0 Å². The average Bonchev–Trinajstić information content (AvgIpc) is 2.38. The van der Waals surface area contributed by atoms with Crippen LogP contribution in [0.2, 0.25) is 0 Å². The van der Waals surface area contributed by atoms with Crippen molar-refractivity contribution in [2.45, 2.75) is 6.10 Å². The summed E-state index contributed by atoms with van der Waals surface area (Å²) < 4.78 is 5.47. The molecule has 0 bridgehead atoms. The average molecular weight is 213 g/mol. The third kappa shape index (κ3) is 2.45. The Bertz CT molecular complexity index is 442. The molecular weight excluding hydrogens is 202 g/mol. The number of hydrogen-bond acceptors (Lipinski definition) is 3. The molecule has 0 spiro atoms. The molecule has 0 saturated carbocycles. The molecule has 16 heavy (non-hydrogen) atoms. The van der Waals surface area contributed by atoms with Crippen LogP contribution in [0.4, 0.5) is 0 Å². The van der Waals surface area contributed by atoms with Crippen molar-refractivity contribution < 1.29 is 9.53 Å². The molecule has 0 aliphatic heterocycles. The summed E-state index contributed by atoms with van der Waals surface area (Å²) in [6.45, 7) is 0. The normalized spacial score (nSPS) is 11.8. The lowest BCUT2D eigenvalue weighted by molar-refractivity contribution is -0.114. The smallest absolute Gasteiger partial charge is 0.214 e. The number of hydrogen-bond donors (Lipinski definition) is 0. The minimum Gasteiger partial charge on any atom is -0.462 e. The van der Waals surface area contributed by atoms with Gasteiger partial charge in [0.15, 0.2) is 12.4 Å². The Labute approximate surface area is 93.7 Å². The standard InChI is InChI=1S/C13H11NO2/c15-10-12(11-6-2-1-3-7-11)16-13-8-4-5-9-14-13/h1-10,12H. The zero-order chi connectivity index (χ0) is 11.2. The van der Waals surface area contributed by atoms with Gasteiger partial charge in [0.25, 0.3) is 0 Å². The van der Waals surface area contributed by atoms with Crippen molar-refractivity contribution in [1.82, 2.24) is 4.98 Å². The van der Waals surface area contributed by atoms with E-state index in [-0.39, 0.29) is 0 Å². The SMILES string of the molecule is O=CC(Oc1ccccn1)c1ccccc1. The Kier molecular flexibility index (Phi) is 3.28. The van der Waals surface area contributed by atoms with Crippen molar-refractivity contribution in [3.05, 3.63) is 60.3 Å². The number of benzene rings is 1. The quantitative estimate of drug-likeness (QED) is 0.732. The maximum atomic E-state index is 11.0. The topological polar surface area (TPSA) is 39.2 Å². The minimum atomic E-state index is -0.601. The molecule has 80 valence electrons. The highest BCUT2D eigenvalue weighted by atomic mass is 16.5. The van der Waals surface area contributed by atoms with Crippen LogP contribution in [0.1, 0.15) is 11.7 Å². The first-order valence-corrected chi connectivity index (χ1v) is 4.98. The molecule has 2 rings (SSSR count). The summed E-state index contributed by atoms with van der Waals surface area (Å²) in [5, 5.41) is 0. The molecule has 0 saturated heterocycles. The molecule has 0 radical (unpaired) electrons. The highest BCUT2D eigenvalue weighted by Crippen LogP contribution is 2.17. The summed E-state index contributed by atoms with van der Waals surface area (Å²) >= 11 is 0. The molecule has 0 N–H and O–H groups in total. The summed E-state index contributed by atoms with van der Waals surface area (Å²) in [4.78, 5) is 15.0. The molecule has 1 heterocycles. The van der Waals surface area contributed by atoms with Crippen LogP contribution in [-0.2, 0) is 4.79 Å². The number of ether oxygens (including phenoxy) is 1. The van der Waals surface area contributed by atoms with Crippen molar-refractivity contribution in [3.63, 3.8) is 0 Å². The van der Waals surface area contributed by atoms with E-state index in [1.54, 1.807) is 18.3 Å². The van der Waals surface area contributed by atoms with Crippen LogP contribution in [0.15, 0.2) is 54.7 Å². The number of aldehydes is 1. The number of nitrogens with zero attached hydrogens (tertiary/aromatic N) is 1. The highest BCUT2D eigenvalue weighted by Gasteiger charge is 2.11. The van der Waals surface area contributed by atoms with Gasteiger partial charge in [0.2, 0.25) is 5.88 Å². The molecule has 1 aromatic carbocycles. The van der Waals surface area contributed by atoms with E-state index < -0.39 is 6.10 Å². The maximum absolute atomic E-state index is 11.0. The van der Waals surface area contributed by atoms with Crippen LogP contribution in [-0.4, -0.2) is 11.3 Å². The summed E-state index contributed by atoms with van der Waals surface area (Å²) in [5.41, 5.74) is 0.822.